The van der Waals surface area contributed by atoms with Crippen LogP contribution >= 0.6 is 11.6 Å². The maximum absolute atomic E-state index is 14.5. The monoisotopic (exact) mass is 521 g/mol. The van der Waals surface area contributed by atoms with Crippen molar-refractivity contribution in [2.75, 3.05) is 27.4 Å². The van der Waals surface area contributed by atoms with Gasteiger partial charge in [0.15, 0.2) is 28.8 Å². The molecule has 0 saturated heterocycles. The normalized spacial score (nSPS) is 11.1. The van der Waals surface area contributed by atoms with Crippen molar-refractivity contribution in [1.82, 2.24) is 19.5 Å². The van der Waals surface area contributed by atoms with Crippen molar-refractivity contribution >= 4 is 22.8 Å². The van der Waals surface area contributed by atoms with E-state index in [4.69, 9.17) is 36.3 Å². The second-order valence-corrected chi connectivity index (χ2v) is 7.87. The Morgan fingerprint density at radius 1 is 1.08 bits per heavy atom. The standard InChI is InChI=1S/C23H22ClF2N5O5/c1-11-28-21-20(22(29-11)34-3)30-23(32)31(21)15-9-18(17(8-13(15)24)35-7-6-27)36-10-12-16(33-2)5-4-14(25)19(12)26/h4-5,8-9H,6-7,10,27H2,1-3H3,(H,30,32). The summed E-state index contributed by atoms with van der Waals surface area (Å²) in [7, 11) is 2.74. The van der Waals surface area contributed by atoms with Crippen molar-refractivity contribution in [3.8, 4) is 28.8 Å². The number of aromatic amines is 1. The predicted molar refractivity (Wildman–Crippen MR) is 128 cm³/mol. The number of hydrogen-bond acceptors (Lipinski definition) is 8. The summed E-state index contributed by atoms with van der Waals surface area (Å²) in [5.41, 5.74) is 5.51. The molecule has 0 amide bonds. The van der Waals surface area contributed by atoms with Crippen molar-refractivity contribution in [2.24, 2.45) is 5.73 Å². The zero-order chi connectivity index (χ0) is 26.0. The van der Waals surface area contributed by atoms with Gasteiger partial charge in [0.2, 0.25) is 5.88 Å². The number of nitrogens with zero attached hydrogens (tertiary/aromatic N) is 3. The number of aryl methyl sites for hydroxylation is 1. The smallest absolute Gasteiger partial charge is 0.332 e. The molecule has 190 valence electrons. The minimum absolute atomic E-state index is 0.0903. The maximum Gasteiger partial charge on any atom is 0.332 e. The largest absolute Gasteiger partial charge is 0.496 e. The van der Waals surface area contributed by atoms with Crippen LogP contribution in [0.5, 0.6) is 23.1 Å². The zero-order valence-corrected chi connectivity index (χ0v) is 20.3. The van der Waals surface area contributed by atoms with Gasteiger partial charge in [-0.05, 0) is 19.1 Å². The maximum atomic E-state index is 14.5. The van der Waals surface area contributed by atoms with E-state index in [9.17, 15) is 13.6 Å². The zero-order valence-electron chi connectivity index (χ0n) is 19.5. The summed E-state index contributed by atoms with van der Waals surface area (Å²) in [6.45, 7) is 1.55. The average molecular weight is 522 g/mol. The Kier molecular flexibility index (Phi) is 7.27. The molecule has 2 aromatic carbocycles. The number of methoxy groups -OCH3 is 2. The van der Waals surface area contributed by atoms with E-state index < -0.39 is 23.9 Å². The van der Waals surface area contributed by atoms with Crippen LogP contribution in [-0.4, -0.2) is 46.9 Å². The Morgan fingerprint density at radius 3 is 2.53 bits per heavy atom. The lowest BCUT2D eigenvalue weighted by molar-refractivity contribution is 0.256. The molecule has 0 spiro atoms. The third kappa shape index (κ3) is 4.64. The molecule has 10 nitrogen and oxygen atoms in total. The molecule has 0 aliphatic carbocycles. The number of hydrogen-bond donors (Lipinski definition) is 2. The number of imidazole rings is 1. The van der Waals surface area contributed by atoms with Gasteiger partial charge in [-0.25, -0.2) is 23.1 Å². The molecule has 0 atom stereocenters. The number of benzene rings is 2. The number of rotatable bonds is 9. The first-order valence-electron chi connectivity index (χ1n) is 10.6. The molecule has 0 aliphatic rings. The van der Waals surface area contributed by atoms with E-state index in [2.05, 4.69) is 15.0 Å². The van der Waals surface area contributed by atoms with Crippen LogP contribution in [0.4, 0.5) is 8.78 Å². The molecule has 36 heavy (non-hydrogen) atoms. The van der Waals surface area contributed by atoms with Crippen LogP contribution in [0.25, 0.3) is 16.9 Å². The third-order valence-corrected chi connectivity index (χ3v) is 5.49. The summed E-state index contributed by atoms with van der Waals surface area (Å²) in [4.78, 5) is 24.1. The number of halogens is 3. The summed E-state index contributed by atoms with van der Waals surface area (Å²) < 4.78 is 51.4. The Bertz CT molecular complexity index is 1490. The molecule has 0 unspecified atom stereocenters. The second-order valence-electron chi connectivity index (χ2n) is 7.46. The highest BCUT2D eigenvalue weighted by Gasteiger charge is 2.22. The molecular formula is C23H22ClF2N5O5. The molecule has 3 N–H and O–H groups in total. The molecule has 13 heteroatoms. The first-order chi connectivity index (χ1) is 17.3. The Balaban J connectivity index is 1.84. The van der Waals surface area contributed by atoms with Crippen LogP contribution in [0.2, 0.25) is 5.02 Å². The lowest BCUT2D eigenvalue weighted by Gasteiger charge is -2.17. The number of H-pyrrole nitrogens is 1. The Morgan fingerprint density at radius 2 is 1.83 bits per heavy atom. The fraction of sp³-hybridized carbons (Fsp3) is 0.261. The van der Waals surface area contributed by atoms with Gasteiger partial charge in [0, 0.05) is 18.7 Å². The first-order valence-corrected chi connectivity index (χ1v) is 11.0. The van der Waals surface area contributed by atoms with Crippen LogP contribution in [0.15, 0.2) is 29.1 Å². The topological polar surface area (TPSA) is 127 Å². The van der Waals surface area contributed by atoms with E-state index >= 15 is 0 Å². The second kappa shape index (κ2) is 10.4. The van der Waals surface area contributed by atoms with E-state index in [1.54, 1.807) is 6.92 Å². The highest BCUT2D eigenvalue weighted by atomic mass is 35.5. The van der Waals surface area contributed by atoms with Crippen LogP contribution in [0.1, 0.15) is 11.4 Å². The van der Waals surface area contributed by atoms with Crippen molar-refractivity contribution in [3.63, 3.8) is 0 Å². The van der Waals surface area contributed by atoms with Gasteiger partial charge in [-0.15, -0.1) is 0 Å². The van der Waals surface area contributed by atoms with E-state index in [0.29, 0.717) is 5.82 Å². The molecule has 0 saturated carbocycles. The molecule has 0 fully saturated rings. The molecule has 0 aliphatic heterocycles. The molecule has 0 radical (unpaired) electrons. The van der Waals surface area contributed by atoms with Gasteiger partial charge in [0.25, 0.3) is 0 Å². The van der Waals surface area contributed by atoms with Gasteiger partial charge in [0.1, 0.15) is 30.3 Å². The van der Waals surface area contributed by atoms with Crippen molar-refractivity contribution in [1.29, 1.82) is 0 Å². The summed E-state index contributed by atoms with van der Waals surface area (Å²) in [5, 5.41) is 0.127. The highest BCUT2D eigenvalue weighted by Crippen LogP contribution is 2.37. The lowest BCUT2D eigenvalue weighted by atomic mass is 10.2. The van der Waals surface area contributed by atoms with Gasteiger partial charge >= 0.3 is 5.69 Å². The molecule has 2 aromatic heterocycles. The number of nitrogens with one attached hydrogen (secondary N) is 1. The predicted octanol–water partition coefficient (Wildman–Crippen LogP) is 3.28. The number of fused-ring (bicyclic) bond motifs is 1. The van der Waals surface area contributed by atoms with Crippen LogP contribution < -0.4 is 30.4 Å². The SMILES string of the molecule is COc1ccc(F)c(F)c1COc1cc(-n2c(=O)[nH]c3c(OC)nc(C)nc32)c(Cl)cc1OCCN. The summed E-state index contributed by atoms with van der Waals surface area (Å²) in [6.07, 6.45) is 0. The molecule has 4 rings (SSSR count). The van der Waals surface area contributed by atoms with Crippen molar-refractivity contribution < 1.29 is 27.7 Å². The molecule has 2 heterocycles. The van der Waals surface area contributed by atoms with E-state index in [0.717, 1.165) is 6.07 Å². The van der Waals surface area contributed by atoms with Gasteiger partial charge in [-0.3, -0.25) is 4.98 Å². The van der Waals surface area contributed by atoms with E-state index in [-0.39, 0.29) is 63.7 Å². The number of ether oxygens (including phenoxy) is 4. The summed E-state index contributed by atoms with van der Waals surface area (Å²) in [6, 6.07) is 5.10. The Labute approximate surface area is 208 Å². The van der Waals surface area contributed by atoms with Crippen LogP contribution in [0.3, 0.4) is 0 Å². The Hall–Kier alpha value is -3.90. The van der Waals surface area contributed by atoms with E-state index in [1.165, 1.54) is 37.0 Å². The molecular weight excluding hydrogens is 500 g/mol. The van der Waals surface area contributed by atoms with Crippen LogP contribution in [0, 0.1) is 18.6 Å². The summed E-state index contributed by atoms with van der Waals surface area (Å²) >= 11 is 6.52. The molecule has 4 aromatic rings. The van der Waals surface area contributed by atoms with E-state index in [1.807, 2.05) is 0 Å². The minimum atomic E-state index is -1.11. The third-order valence-electron chi connectivity index (χ3n) is 5.18. The quantitative estimate of drug-likeness (QED) is 0.343. The van der Waals surface area contributed by atoms with Crippen molar-refractivity contribution in [2.45, 2.75) is 13.5 Å². The van der Waals surface area contributed by atoms with Gasteiger partial charge in [-0.1, -0.05) is 11.6 Å². The fourth-order valence-corrected chi connectivity index (χ4v) is 3.81. The average Bonchev–Trinajstić information content (AvgIpc) is 3.19. The van der Waals surface area contributed by atoms with Gasteiger partial charge in [-0.2, -0.15) is 4.98 Å². The van der Waals surface area contributed by atoms with Gasteiger partial charge < -0.3 is 24.7 Å². The van der Waals surface area contributed by atoms with Crippen molar-refractivity contribution in [3.05, 3.63) is 62.8 Å². The first kappa shape index (κ1) is 25.2. The molecule has 0 bridgehead atoms. The van der Waals surface area contributed by atoms with Crippen LogP contribution in [-0.2, 0) is 6.61 Å². The minimum Gasteiger partial charge on any atom is -0.496 e. The van der Waals surface area contributed by atoms with Gasteiger partial charge in [0.05, 0.1) is 30.5 Å². The number of aromatic nitrogens is 4. The number of nitrogens with two attached hydrogens (primary N) is 1. The highest BCUT2D eigenvalue weighted by molar-refractivity contribution is 6.32. The fourth-order valence-electron chi connectivity index (χ4n) is 3.57. The lowest BCUT2D eigenvalue weighted by Crippen LogP contribution is -2.16. The summed E-state index contributed by atoms with van der Waals surface area (Å²) in [5.74, 6) is -1.26.